The first-order chi connectivity index (χ1) is 8.77. The molecule has 3 heteroatoms. The molecule has 2 unspecified atom stereocenters. The molecule has 2 aromatic rings. The van der Waals surface area contributed by atoms with Gasteiger partial charge in [-0.25, -0.2) is 0 Å². The average molecular weight is 241 g/mol. The van der Waals surface area contributed by atoms with Gasteiger partial charge in [0.05, 0.1) is 5.92 Å². The number of fused-ring (bicyclic) bond motifs is 1. The second kappa shape index (κ2) is 4.41. The molecule has 3 rings (SSSR count). The number of hydrogen-bond acceptors (Lipinski definition) is 2. The fourth-order valence-electron chi connectivity index (χ4n) is 3.06. The smallest absolute Gasteiger partial charge is 0.307 e. The van der Waals surface area contributed by atoms with Crippen LogP contribution in [0.25, 0.3) is 10.8 Å². The SMILES string of the molecule is O=C(O)C1CCCC1c1cncc2ccccc12. The lowest BCUT2D eigenvalue weighted by molar-refractivity contribution is -0.141. The van der Waals surface area contributed by atoms with Gasteiger partial charge in [-0.3, -0.25) is 9.78 Å². The highest BCUT2D eigenvalue weighted by Gasteiger charge is 2.34. The number of carboxylic acids is 1. The Morgan fingerprint density at radius 2 is 2.06 bits per heavy atom. The van der Waals surface area contributed by atoms with Crippen LogP contribution in [0.4, 0.5) is 0 Å². The highest BCUT2D eigenvalue weighted by molar-refractivity contribution is 5.86. The van der Waals surface area contributed by atoms with Crippen molar-refractivity contribution < 1.29 is 9.90 Å². The van der Waals surface area contributed by atoms with E-state index in [1.807, 2.05) is 30.6 Å². The third-order valence-corrected chi connectivity index (χ3v) is 3.93. The Balaban J connectivity index is 2.11. The molecule has 1 aromatic heterocycles. The summed E-state index contributed by atoms with van der Waals surface area (Å²) in [6.07, 6.45) is 6.40. The zero-order valence-corrected chi connectivity index (χ0v) is 10.0. The van der Waals surface area contributed by atoms with Gasteiger partial charge in [-0.1, -0.05) is 30.7 Å². The van der Waals surface area contributed by atoms with Crippen LogP contribution in [-0.4, -0.2) is 16.1 Å². The molecule has 0 saturated heterocycles. The van der Waals surface area contributed by atoms with Crippen molar-refractivity contribution >= 4 is 16.7 Å². The van der Waals surface area contributed by atoms with E-state index in [-0.39, 0.29) is 11.8 Å². The fraction of sp³-hybridized carbons (Fsp3) is 0.333. The van der Waals surface area contributed by atoms with Crippen molar-refractivity contribution in [3.8, 4) is 0 Å². The Morgan fingerprint density at radius 1 is 1.22 bits per heavy atom. The summed E-state index contributed by atoms with van der Waals surface area (Å²) < 4.78 is 0. The lowest BCUT2D eigenvalue weighted by Crippen LogP contribution is -2.17. The van der Waals surface area contributed by atoms with Crippen LogP contribution in [0.15, 0.2) is 36.7 Å². The lowest BCUT2D eigenvalue weighted by Gasteiger charge is -2.17. The van der Waals surface area contributed by atoms with Gasteiger partial charge in [0.25, 0.3) is 0 Å². The molecule has 1 fully saturated rings. The van der Waals surface area contributed by atoms with E-state index in [1.165, 1.54) is 0 Å². The van der Waals surface area contributed by atoms with E-state index in [0.29, 0.717) is 0 Å². The number of benzene rings is 1. The fourth-order valence-corrected chi connectivity index (χ4v) is 3.06. The van der Waals surface area contributed by atoms with Gasteiger partial charge >= 0.3 is 5.97 Å². The molecule has 1 aliphatic rings. The molecule has 1 heterocycles. The van der Waals surface area contributed by atoms with Crippen molar-refractivity contribution in [2.24, 2.45) is 5.92 Å². The number of hydrogen-bond donors (Lipinski definition) is 1. The molecule has 1 aliphatic carbocycles. The Hall–Kier alpha value is -1.90. The van der Waals surface area contributed by atoms with E-state index in [1.54, 1.807) is 0 Å². The summed E-state index contributed by atoms with van der Waals surface area (Å²) in [7, 11) is 0. The number of aromatic nitrogens is 1. The molecule has 18 heavy (non-hydrogen) atoms. The zero-order valence-electron chi connectivity index (χ0n) is 10.0. The van der Waals surface area contributed by atoms with E-state index >= 15 is 0 Å². The van der Waals surface area contributed by atoms with Crippen molar-refractivity contribution in [3.05, 3.63) is 42.2 Å². The summed E-state index contributed by atoms with van der Waals surface area (Å²) in [5, 5.41) is 11.5. The van der Waals surface area contributed by atoms with Gasteiger partial charge in [0.2, 0.25) is 0 Å². The van der Waals surface area contributed by atoms with Crippen LogP contribution < -0.4 is 0 Å². The van der Waals surface area contributed by atoms with Crippen LogP contribution in [0, 0.1) is 5.92 Å². The third kappa shape index (κ3) is 1.76. The van der Waals surface area contributed by atoms with E-state index in [0.717, 1.165) is 35.6 Å². The molecule has 3 nitrogen and oxygen atoms in total. The predicted octanol–water partition coefficient (Wildman–Crippen LogP) is 3.20. The number of pyridine rings is 1. The van der Waals surface area contributed by atoms with Gasteiger partial charge in [-0.15, -0.1) is 0 Å². The largest absolute Gasteiger partial charge is 0.481 e. The summed E-state index contributed by atoms with van der Waals surface area (Å²) in [6.45, 7) is 0. The van der Waals surface area contributed by atoms with Crippen LogP contribution >= 0.6 is 0 Å². The average Bonchev–Trinajstić information content (AvgIpc) is 2.87. The van der Waals surface area contributed by atoms with Gasteiger partial charge in [0.1, 0.15) is 0 Å². The molecule has 1 saturated carbocycles. The highest BCUT2D eigenvalue weighted by Crippen LogP contribution is 2.41. The molecule has 1 aromatic carbocycles. The van der Waals surface area contributed by atoms with Crippen molar-refractivity contribution in [3.63, 3.8) is 0 Å². The molecule has 2 atom stereocenters. The number of rotatable bonds is 2. The minimum atomic E-state index is -0.676. The third-order valence-electron chi connectivity index (χ3n) is 3.93. The van der Waals surface area contributed by atoms with Gasteiger partial charge in [-0.2, -0.15) is 0 Å². The number of nitrogens with zero attached hydrogens (tertiary/aromatic N) is 1. The summed E-state index contributed by atoms with van der Waals surface area (Å²) in [5.74, 6) is -0.816. The standard InChI is InChI=1S/C15H15NO2/c17-15(18)13-7-3-6-12(13)14-9-16-8-10-4-1-2-5-11(10)14/h1-2,4-5,8-9,12-13H,3,6-7H2,(H,17,18). The molecule has 0 aliphatic heterocycles. The minimum absolute atomic E-state index is 0.112. The van der Waals surface area contributed by atoms with Gasteiger partial charge in [-0.05, 0) is 29.7 Å². The van der Waals surface area contributed by atoms with Gasteiger partial charge < -0.3 is 5.11 Å². The topological polar surface area (TPSA) is 50.2 Å². The maximum atomic E-state index is 11.3. The molecule has 0 bridgehead atoms. The highest BCUT2D eigenvalue weighted by atomic mass is 16.4. The van der Waals surface area contributed by atoms with Crippen molar-refractivity contribution in [1.29, 1.82) is 0 Å². The molecule has 0 amide bonds. The van der Waals surface area contributed by atoms with Crippen LogP contribution in [0.1, 0.15) is 30.7 Å². The van der Waals surface area contributed by atoms with Crippen molar-refractivity contribution in [2.45, 2.75) is 25.2 Å². The first-order valence-electron chi connectivity index (χ1n) is 6.33. The summed E-state index contributed by atoms with van der Waals surface area (Å²) in [6, 6.07) is 8.06. The van der Waals surface area contributed by atoms with E-state index in [4.69, 9.17) is 0 Å². The quantitative estimate of drug-likeness (QED) is 0.878. The van der Waals surface area contributed by atoms with Gasteiger partial charge in [0.15, 0.2) is 0 Å². The summed E-state index contributed by atoms with van der Waals surface area (Å²) in [5.41, 5.74) is 1.10. The predicted molar refractivity (Wildman–Crippen MR) is 69.5 cm³/mol. The van der Waals surface area contributed by atoms with Crippen LogP contribution in [0.3, 0.4) is 0 Å². The Morgan fingerprint density at radius 3 is 2.89 bits per heavy atom. The Labute approximate surface area is 105 Å². The van der Waals surface area contributed by atoms with Crippen LogP contribution in [-0.2, 0) is 4.79 Å². The van der Waals surface area contributed by atoms with Crippen molar-refractivity contribution in [1.82, 2.24) is 4.98 Å². The summed E-state index contributed by atoms with van der Waals surface area (Å²) >= 11 is 0. The van der Waals surface area contributed by atoms with E-state index in [9.17, 15) is 9.90 Å². The molecule has 92 valence electrons. The second-order valence-corrected chi connectivity index (χ2v) is 4.93. The van der Waals surface area contributed by atoms with Gasteiger partial charge in [0, 0.05) is 17.8 Å². The van der Waals surface area contributed by atoms with E-state index < -0.39 is 5.97 Å². The Bertz CT molecular complexity index is 589. The van der Waals surface area contributed by atoms with Crippen LogP contribution in [0.2, 0.25) is 0 Å². The van der Waals surface area contributed by atoms with E-state index in [2.05, 4.69) is 11.1 Å². The molecule has 0 radical (unpaired) electrons. The number of carbonyl (C=O) groups is 1. The maximum Gasteiger partial charge on any atom is 0.307 e. The lowest BCUT2D eigenvalue weighted by atomic mass is 9.87. The molecule has 1 N–H and O–H groups in total. The second-order valence-electron chi connectivity index (χ2n) is 4.93. The Kier molecular flexibility index (Phi) is 2.74. The number of carboxylic acid groups (broad SMARTS) is 1. The minimum Gasteiger partial charge on any atom is -0.481 e. The zero-order chi connectivity index (χ0) is 12.5. The normalized spacial score (nSPS) is 23.3. The monoisotopic (exact) mass is 241 g/mol. The van der Waals surface area contributed by atoms with Crippen molar-refractivity contribution in [2.75, 3.05) is 0 Å². The first kappa shape index (κ1) is 11.2. The first-order valence-corrected chi connectivity index (χ1v) is 6.33. The summed E-state index contributed by atoms with van der Waals surface area (Å²) in [4.78, 5) is 15.6. The number of aliphatic carboxylic acids is 1. The molecule has 0 spiro atoms. The molecular weight excluding hydrogens is 226 g/mol. The maximum absolute atomic E-state index is 11.3. The molecular formula is C15H15NO2. The van der Waals surface area contributed by atoms with Crippen LogP contribution in [0.5, 0.6) is 0 Å².